The third-order valence-corrected chi connectivity index (χ3v) is 10.9. The molecule has 1 aliphatic rings. The zero-order chi connectivity index (χ0) is 34.6. The van der Waals surface area contributed by atoms with Crippen LogP contribution in [-0.4, -0.2) is 0 Å². The topological polar surface area (TPSA) is 6.48 Å². The minimum atomic E-state index is 0.320. The van der Waals surface area contributed by atoms with Crippen molar-refractivity contribution in [2.75, 3.05) is 9.80 Å². The summed E-state index contributed by atoms with van der Waals surface area (Å²) in [6.45, 7) is 20.1. The van der Waals surface area contributed by atoms with Gasteiger partial charge in [0.05, 0.1) is 11.4 Å². The van der Waals surface area contributed by atoms with E-state index in [0.717, 1.165) is 6.42 Å². The van der Waals surface area contributed by atoms with Crippen molar-refractivity contribution in [3.05, 3.63) is 159 Å². The minimum Gasteiger partial charge on any atom is -0.310 e. The van der Waals surface area contributed by atoms with Crippen LogP contribution < -0.4 is 9.80 Å². The van der Waals surface area contributed by atoms with Gasteiger partial charge in [0.15, 0.2) is 0 Å². The number of hydrogen-bond donors (Lipinski definition) is 0. The van der Waals surface area contributed by atoms with Crippen LogP contribution in [0, 0.1) is 55.4 Å². The van der Waals surface area contributed by atoms with Crippen LogP contribution in [0.15, 0.2) is 103 Å². The Labute approximate surface area is 293 Å². The predicted molar refractivity (Wildman–Crippen MR) is 213 cm³/mol. The van der Waals surface area contributed by atoms with E-state index in [0.29, 0.717) is 5.92 Å². The molecule has 6 aromatic rings. The van der Waals surface area contributed by atoms with Crippen molar-refractivity contribution >= 4 is 51.0 Å². The van der Waals surface area contributed by atoms with Crippen molar-refractivity contribution in [3.8, 4) is 0 Å². The third-order valence-electron chi connectivity index (χ3n) is 10.9. The van der Waals surface area contributed by atoms with E-state index in [4.69, 9.17) is 0 Å². The molecule has 0 heterocycles. The highest BCUT2D eigenvalue weighted by atomic mass is 15.2. The molecule has 0 saturated heterocycles. The summed E-state index contributed by atoms with van der Waals surface area (Å²) in [6, 6.07) is 36.8. The van der Waals surface area contributed by atoms with E-state index in [2.05, 4.69) is 181 Å². The first kappa shape index (κ1) is 32.5. The van der Waals surface area contributed by atoms with E-state index in [1.54, 1.807) is 0 Å². The normalized spacial score (nSPS) is 13.9. The van der Waals surface area contributed by atoms with Gasteiger partial charge in [-0.05, 0) is 166 Å². The summed E-state index contributed by atoms with van der Waals surface area (Å²) in [5.74, 6) is 0.320. The number of anilines is 6. The molecule has 1 aliphatic carbocycles. The van der Waals surface area contributed by atoms with Gasteiger partial charge in [-0.25, -0.2) is 0 Å². The Kier molecular flexibility index (Phi) is 8.45. The van der Waals surface area contributed by atoms with Gasteiger partial charge in [-0.1, -0.05) is 67.6 Å². The molecule has 0 N–H and O–H groups in total. The highest BCUT2D eigenvalue weighted by Gasteiger charge is 2.31. The molecule has 0 fully saturated rings. The molecule has 246 valence electrons. The average molecular weight is 641 g/mol. The number of nitrogens with zero attached hydrogens (tertiary/aromatic N) is 2. The van der Waals surface area contributed by atoms with Crippen LogP contribution in [0.3, 0.4) is 0 Å². The van der Waals surface area contributed by atoms with E-state index < -0.39 is 0 Å². The van der Waals surface area contributed by atoms with Crippen LogP contribution in [0.2, 0.25) is 0 Å². The highest BCUT2D eigenvalue weighted by Crippen LogP contribution is 2.54. The zero-order valence-electron chi connectivity index (χ0n) is 30.6. The molecule has 0 bridgehead atoms. The fourth-order valence-electron chi connectivity index (χ4n) is 7.37. The second-order valence-electron chi connectivity index (χ2n) is 14.4. The molecule has 0 spiro atoms. The number of allylic oxidation sites excluding steroid dienone is 1. The summed E-state index contributed by atoms with van der Waals surface area (Å²) in [5.41, 5.74) is 20.3. The van der Waals surface area contributed by atoms with Gasteiger partial charge in [0, 0.05) is 39.1 Å². The van der Waals surface area contributed by atoms with Crippen molar-refractivity contribution in [2.24, 2.45) is 0 Å². The van der Waals surface area contributed by atoms with Crippen molar-refractivity contribution in [3.63, 3.8) is 0 Å². The Morgan fingerprint density at radius 2 is 0.816 bits per heavy atom. The van der Waals surface area contributed by atoms with Crippen LogP contribution in [0.5, 0.6) is 0 Å². The summed E-state index contributed by atoms with van der Waals surface area (Å²) < 4.78 is 0. The van der Waals surface area contributed by atoms with Gasteiger partial charge in [0.25, 0.3) is 0 Å². The lowest BCUT2D eigenvalue weighted by atomic mass is 9.82. The van der Waals surface area contributed by atoms with Crippen molar-refractivity contribution in [2.45, 2.75) is 74.7 Å². The van der Waals surface area contributed by atoms with Crippen LogP contribution in [0.1, 0.15) is 74.9 Å². The maximum absolute atomic E-state index is 2.54. The van der Waals surface area contributed by atoms with Gasteiger partial charge in [0.2, 0.25) is 0 Å². The number of fused-ring (bicyclic) bond motifs is 2. The lowest BCUT2D eigenvalue weighted by Gasteiger charge is -2.37. The summed E-state index contributed by atoms with van der Waals surface area (Å²) >= 11 is 0. The Morgan fingerprint density at radius 1 is 0.449 bits per heavy atom. The maximum atomic E-state index is 2.54. The predicted octanol–water partition coefficient (Wildman–Crippen LogP) is 13.8. The fourth-order valence-corrected chi connectivity index (χ4v) is 7.37. The summed E-state index contributed by atoms with van der Waals surface area (Å²) in [7, 11) is 0. The molecule has 0 saturated carbocycles. The Balaban J connectivity index is 1.63. The molecule has 7 rings (SSSR count). The van der Waals surface area contributed by atoms with E-state index in [-0.39, 0.29) is 0 Å². The van der Waals surface area contributed by atoms with Crippen LogP contribution in [0.4, 0.5) is 34.1 Å². The van der Waals surface area contributed by atoms with Gasteiger partial charge in [-0.2, -0.15) is 0 Å². The van der Waals surface area contributed by atoms with Crippen molar-refractivity contribution in [1.82, 2.24) is 0 Å². The summed E-state index contributed by atoms with van der Waals surface area (Å²) in [4.78, 5) is 5.05. The molecule has 2 heteroatoms. The summed E-state index contributed by atoms with van der Waals surface area (Å²) in [6.07, 6.45) is 5.78. The van der Waals surface area contributed by atoms with E-state index >= 15 is 0 Å². The van der Waals surface area contributed by atoms with E-state index in [1.165, 1.54) is 101 Å². The first-order valence-electron chi connectivity index (χ1n) is 17.7. The van der Waals surface area contributed by atoms with Crippen molar-refractivity contribution in [1.29, 1.82) is 0 Å². The molecule has 1 atom stereocenters. The number of benzene rings is 6. The second-order valence-corrected chi connectivity index (χ2v) is 14.4. The Hall–Kier alpha value is -5.08. The minimum absolute atomic E-state index is 0.320. The molecule has 1 unspecified atom stereocenters. The fraction of sp³-hybridized carbons (Fsp3) is 0.234. The third kappa shape index (κ3) is 5.74. The lowest BCUT2D eigenvalue weighted by molar-refractivity contribution is 0.772. The zero-order valence-corrected chi connectivity index (χ0v) is 30.6. The van der Waals surface area contributed by atoms with Crippen molar-refractivity contribution < 1.29 is 0 Å². The molecule has 0 aromatic heterocycles. The second kappa shape index (κ2) is 12.7. The average Bonchev–Trinajstić information content (AvgIpc) is 3.08. The molecule has 49 heavy (non-hydrogen) atoms. The van der Waals surface area contributed by atoms with Gasteiger partial charge in [-0.15, -0.1) is 0 Å². The van der Waals surface area contributed by atoms with E-state index in [9.17, 15) is 0 Å². The number of hydrogen-bond acceptors (Lipinski definition) is 2. The van der Waals surface area contributed by atoms with Crippen LogP contribution in [0.25, 0.3) is 16.8 Å². The number of rotatable bonds is 6. The molecule has 0 radical (unpaired) electrons. The SMILES string of the molecule is Cc1ccc(N(c2ccc(C)c(C)c2)c2c3c(c(N(c4ccc(C)c(C)c4)c4ccc(C)c(C)c4)c4ccccc24)C(C)CC=C3)cc1C. The number of aryl methyl sites for hydroxylation is 8. The van der Waals surface area contributed by atoms with Gasteiger partial charge in [0.1, 0.15) is 0 Å². The Morgan fingerprint density at radius 3 is 1.20 bits per heavy atom. The summed E-state index contributed by atoms with van der Waals surface area (Å²) in [5, 5.41) is 2.50. The Bertz CT molecular complexity index is 2170. The van der Waals surface area contributed by atoms with Gasteiger partial charge in [-0.3, -0.25) is 0 Å². The molecule has 0 aliphatic heterocycles. The largest absolute Gasteiger partial charge is 0.310 e. The first-order chi connectivity index (χ1) is 23.5. The lowest BCUT2D eigenvalue weighted by Crippen LogP contribution is -2.20. The highest BCUT2D eigenvalue weighted by molar-refractivity contribution is 6.12. The first-order valence-corrected chi connectivity index (χ1v) is 17.7. The quantitative estimate of drug-likeness (QED) is 0.167. The van der Waals surface area contributed by atoms with Gasteiger partial charge < -0.3 is 9.80 Å². The van der Waals surface area contributed by atoms with Crippen LogP contribution >= 0.6 is 0 Å². The van der Waals surface area contributed by atoms with Gasteiger partial charge >= 0.3 is 0 Å². The molecule has 6 aromatic carbocycles. The van der Waals surface area contributed by atoms with Crippen LogP contribution in [-0.2, 0) is 0 Å². The molecule has 0 amide bonds. The van der Waals surface area contributed by atoms with E-state index in [1.807, 2.05) is 0 Å². The molecule has 2 nitrogen and oxygen atoms in total. The smallest absolute Gasteiger partial charge is 0.0616 e. The maximum Gasteiger partial charge on any atom is 0.0616 e. The standard InChI is InChI=1S/C47H48N2/c1-29-17-21-38(25-34(29)6)48(39-22-18-30(2)35(7)26-39)46-42-14-10-11-15-43(42)47(45-33(5)13-12-16-44(45)46)49(40-23-19-31(3)36(8)27-40)41-24-20-32(4)37(9)28-41/h10-12,14-28,33H,13H2,1-9H3. The monoisotopic (exact) mass is 640 g/mol. The molecular weight excluding hydrogens is 593 g/mol. The molecular formula is C47H48N2.